The molecule has 0 amide bonds. The van der Waals surface area contributed by atoms with Gasteiger partial charge in [-0.3, -0.25) is 0 Å². The molecule has 0 saturated carbocycles. The Morgan fingerprint density at radius 2 is 2.29 bits per heavy atom. The molecule has 0 radical (unpaired) electrons. The van der Waals surface area contributed by atoms with Gasteiger partial charge in [0.05, 0.1) is 11.6 Å². The molecule has 2 aromatic rings. The fraction of sp³-hybridized carbons (Fsp3) is 0.200. The first kappa shape index (κ1) is 9.52. The molecule has 0 aliphatic heterocycles. The Morgan fingerprint density at radius 3 is 3.07 bits per heavy atom. The Morgan fingerprint density at radius 1 is 1.43 bits per heavy atom. The second-order valence-corrected chi connectivity index (χ2v) is 3.50. The average molecular weight is 211 g/mol. The summed E-state index contributed by atoms with van der Waals surface area (Å²) in [6.07, 6.45) is 2.56. The van der Waals surface area contributed by atoms with Crippen molar-refractivity contribution in [3.8, 4) is 0 Å². The molecule has 0 unspecified atom stereocenters. The highest BCUT2D eigenvalue weighted by Gasteiger charge is 2.05. The Hall–Kier alpha value is -1.03. The van der Waals surface area contributed by atoms with E-state index in [1.807, 2.05) is 18.2 Å². The maximum absolute atomic E-state index is 6.05. The summed E-state index contributed by atoms with van der Waals surface area (Å²) in [4.78, 5) is 7.66. The molecule has 4 heteroatoms. The largest absolute Gasteiger partial charge is 0.360 e. The highest BCUT2D eigenvalue weighted by atomic mass is 35.5. The summed E-state index contributed by atoms with van der Waals surface area (Å²) in [5.41, 5.74) is 2.20. The first-order valence-electron chi connectivity index (χ1n) is 4.39. The summed E-state index contributed by atoms with van der Waals surface area (Å²) in [6.45, 7) is 0.501. The van der Waals surface area contributed by atoms with E-state index in [1.165, 1.54) is 0 Å². The molecular formula is C10H11ClN2O. The summed E-state index contributed by atoms with van der Waals surface area (Å²) in [5.74, 6) is 4.99. The van der Waals surface area contributed by atoms with Crippen molar-refractivity contribution >= 4 is 22.5 Å². The molecule has 0 atom stereocenters. The second-order valence-electron chi connectivity index (χ2n) is 3.10. The minimum atomic E-state index is 0.501. The zero-order chi connectivity index (χ0) is 9.97. The van der Waals surface area contributed by atoms with Gasteiger partial charge in [0, 0.05) is 17.1 Å². The van der Waals surface area contributed by atoms with Crippen molar-refractivity contribution in [2.45, 2.75) is 6.42 Å². The van der Waals surface area contributed by atoms with Gasteiger partial charge in [0.15, 0.2) is 0 Å². The number of aromatic nitrogens is 1. The van der Waals surface area contributed by atoms with Crippen molar-refractivity contribution in [1.82, 2.24) is 4.98 Å². The van der Waals surface area contributed by atoms with E-state index in [1.54, 1.807) is 6.20 Å². The first-order valence-corrected chi connectivity index (χ1v) is 4.77. The summed E-state index contributed by atoms with van der Waals surface area (Å²) in [7, 11) is 0. The summed E-state index contributed by atoms with van der Waals surface area (Å²) < 4.78 is 0. The van der Waals surface area contributed by atoms with Crippen LogP contribution in [0, 0.1) is 0 Å². The standard InChI is InChI=1S/C10H11ClN2O/c11-8-6-13-9-3-1-2-7(10(8)9)4-5-14-12/h1-3,6,13H,4-5,12H2. The molecule has 74 valence electrons. The molecule has 14 heavy (non-hydrogen) atoms. The summed E-state index contributed by atoms with van der Waals surface area (Å²) in [5, 5.41) is 1.80. The number of aromatic amines is 1. The summed E-state index contributed by atoms with van der Waals surface area (Å²) in [6, 6.07) is 6.01. The maximum atomic E-state index is 6.05. The van der Waals surface area contributed by atoms with Gasteiger partial charge in [0.1, 0.15) is 0 Å². The quantitative estimate of drug-likeness (QED) is 0.764. The number of fused-ring (bicyclic) bond motifs is 1. The number of rotatable bonds is 3. The van der Waals surface area contributed by atoms with Crippen LogP contribution in [0.3, 0.4) is 0 Å². The zero-order valence-corrected chi connectivity index (χ0v) is 8.34. The number of nitrogens with two attached hydrogens (primary N) is 1. The average Bonchev–Trinajstić information content (AvgIpc) is 2.58. The van der Waals surface area contributed by atoms with Crippen LogP contribution in [0.5, 0.6) is 0 Å². The van der Waals surface area contributed by atoms with E-state index in [0.717, 1.165) is 27.9 Å². The minimum absolute atomic E-state index is 0.501. The molecule has 2 rings (SSSR count). The number of benzene rings is 1. The van der Waals surface area contributed by atoms with E-state index in [2.05, 4.69) is 9.82 Å². The zero-order valence-electron chi connectivity index (χ0n) is 7.59. The lowest BCUT2D eigenvalue weighted by atomic mass is 10.1. The molecule has 3 N–H and O–H groups in total. The topological polar surface area (TPSA) is 51.0 Å². The third-order valence-corrected chi connectivity index (χ3v) is 2.53. The van der Waals surface area contributed by atoms with E-state index in [0.29, 0.717) is 6.61 Å². The molecule has 0 aliphatic rings. The van der Waals surface area contributed by atoms with Crippen molar-refractivity contribution in [1.29, 1.82) is 0 Å². The van der Waals surface area contributed by atoms with Crippen molar-refractivity contribution < 1.29 is 4.84 Å². The van der Waals surface area contributed by atoms with Crippen LogP contribution in [0.25, 0.3) is 10.9 Å². The fourth-order valence-electron chi connectivity index (χ4n) is 1.59. The van der Waals surface area contributed by atoms with Crippen molar-refractivity contribution in [3.63, 3.8) is 0 Å². The van der Waals surface area contributed by atoms with Gasteiger partial charge >= 0.3 is 0 Å². The first-order chi connectivity index (χ1) is 6.83. The van der Waals surface area contributed by atoms with Gasteiger partial charge in [-0.2, -0.15) is 0 Å². The minimum Gasteiger partial charge on any atom is -0.360 e. The van der Waals surface area contributed by atoms with Crippen LogP contribution in [-0.4, -0.2) is 11.6 Å². The van der Waals surface area contributed by atoms with Crippen molar-refractivity contribution in [2.24, 2.45) is 5.90 Å². The van der Waals surface area contributed by atoms with Crippen LogP contribution in [0.1, 0.15) is 5.56 Å². The monoisotopic (exact) mass is 210 g/mol. The van der Waals surface area contributed by atoms with Crippen LogP contribution >= 0.6 is 11.6 Å². The number of hydrogen-bond donors (Lipinski definition) is 2. The van der Waals surface area contributed by atoms with Crippen LogP contribution < -0.4 is 5.90 Å². The smallest absolute Gasteiger partial charge is 0.0719 e. The Balaban J connectivity index is 2.46. The fourth-order valence-corrected chi connectivity index (χ4v) is 1.87. The second kappa shape index (κ2) is 4.00. The van der Waals surface area contributed by atoms with E-state index in [-0.39, 0.29) is 0 Å². The van der Waals surface area contributed by atoms with Crippen LogP contribution in [-0.2, 0) is 11.3 Å². The Bertz CT molecular complexity index is 439. The number of nitrogens with one attached hydrogen (secondary N) is 1. The van der Waals surface area contributed by atoms with Crippen molar-refractivity contribution in [3.05, 3.63) is 35.0 Å². The lowest BCUT2D eigenvalue weighted by Gasteiger charge is -2.02. The molecule has 1 aromatic heterocycles. The van der Waals surface area contributed by atoms with Crippen LogP contribution in [0.15, 0.2) is 24.4 Å². The lowest BCUT2D eigenvalue weighted by molar-refractivity contribution is 0.141. The predicted molar refractivity (Wildman–Crippen MR) is 57.2 cm³/mol. The molecule has 0 bridgehead atoms. The molecule has 3 nitrogen and oxygen atoms in total. The van der Waals surface area contributed by atoms with E-state index in [4.69, 9.17) is 17.5 Å². The van der Waals surface area contributed by atoms with Crippen LogP contribution in [0.4, 0.5) is 0 Å². The van der Waals surface area contributed by atoms with E-state index < -0.39 is 0 Å². The molecule has 1 aromatic carbocycles. The Kier molecular flexibility index (Phi) is 2.72. The molecule has 1 heterocycles. The highest BCUT2D eigenvalue weighted by Crippen LogP contribution is 2.26. The van der Waals surface area contributed by atoms with Crippen molar-refractivity contribution in [2.75, 3.05) is 6.61 Å². The van der Waals surface area contributed by atoms with Gasteiger partial charge in [-0.1, -0.05) is 23.7 Å². The Labute approximate surface area is 86.8 Å². The van der Waals surface area contributed by atoms with E-state index in [9.17, 15) is 0 Å². The van der Waals surface area contributed by atoms with Gasteiger partial charge in [-0.05, 0) is 18.1 Å². The van der Waals surface area contributed by atoms with Gasteiger partial charge in [-0.25, -0.2) is 5.90 Å². The van der Waals surface area contributed by atoms with Gasteiger partial charge in [0.2, 0.25) is 0 Å². The van der Waals surface area contributed by atoms with Gasteiger partial charge in [0.25, 0.3) is 0 Å². The third kappa shape index (κ3) is 1.62. The number of H-pyrrole nitrogens is 1. The molecular weight excluding hydrogens is 200 g/mol. The molecule has 0 fully saturated rings. The summed E-state index contributed by atoms with van der Waals surface area (Å²) >= 11 is 6.05. The maximum Gasteiger partial charge on any atom is 0.0719 e. The molecule has 0 spiro atoms. The normalized spacial score (nSPS) is 11.0. The van der Waals surface area contributed by atoms with Gasteiger partial charge in [-0.15, -0.1) is 0 Å². The third-order valence-electron chi connectivity index (χ3n) is 2.23. The van der Waals surface area contributed by atoms with E-state index >= 15 is 0 Å². The molecule has 0 saturated heterocycles. The van der Waals surface area contributed by atoms with Crippen LogP contribution in [0.2, 0.25) is 5.02 Å². The predicted octanol–water partition coefficient (Wildman–Crippen LogP) is 2.25. The highest BCUT2D eigenvalue weighted by molar-refractivity contribution is 6.35. The number of hydrogen-bond acceptors (Lipinski definition) is 2. The number of halogens is 1. The van der Waals surface area contributed by atoms with Gasteiger partial charge < -0.3 is 9.82 Å². The lowest BCUT2D eigenvalue weighted by Crippen LogP contribution is -2.03. The SMILES string of the molecule is NOCCc1cccc2[nH]cc(Cl)c12. The molecule has 0 aliphatic carbocycles.